The highest BCUT2D eigenvalue weighted by molar-refractivity contribution is 7.99. The SMILES string of the molecule is Cl.Cl.OCCN1CCNCCSCC1. The van der Waals surface area contributed by atoms with Crippen molar-refractivity contribution in [1.82, 2.24) is 10.2 Å². The third kappa shape index (κ3) is 8.15. The molecule has 0 unspecified atom stereocenters. The van der Waals surface area contributed by atoms with Crippen LogP contribution in [0.3, 0.4) is 0 Å². The lowest BCUT2D eigenvalue weighted by atomic mass is 10.4. The van der Waals surface area contributed by atoms with E-state index in [1.807, 2.05) is 11.8 Å². The van der Waals surface area contributed by atoms with Gasteiger partial charge in [-0.3, -0.25) is 4.90 Å². The van der Waals surface area contributed by atoms with Gasteiger partial charge >= 0.3 is 0 Å². The van der Waals surface area contributed by atoms with Gasteiger partial charge in [0.1, 0.15) is 0 Å². The van der Waals surface area contributed by atoms with Crippen molar-refractivity contribution >= 4 is 36.6 Å². The largest absolute Gasteiger partial charge is 0.395 e. The summed E-state index contributed by atoms with van der Waals surface area (Å²) in [5.74, 6) is 2.41. The summed E-state index contributed by atoms with van der Waals surface area (Å²) in [4.78, 5) is 2.31. The highest BCUT2D eigenvalue weighted by atomic mass is 35.5. The molecule has 6 heteroatoms. The van der Waals surface area contributed by atoms with E-state index in [1.54, 1.807) is 0 Å². The molecule has 1 heterocycles. The lowest BCUT2D eigenvalue weighted by Gasteiger charge is -2.19. The smallest absolute Gasteiger partial charge is 0.0558 e. The molecule has 0 radical (unpaired) electrons. The second-order valence-electron chi connectivity index (χ2n) is 2.93. The minimum Gasteiger partial charge on any atom is -0.395 e. The summed E-state index contributed by atoms with van der Waals surface area (Å²) < 4.78 is 0. The van der Waals surface area contributed by atoms with Crippen LogP contribution >= 0.6 is 36.6 Å². The van der Waals surface area contributed by atoms with Gasteiger partial charge < -0.3 is 10.4 Å². The first-order valence-corrected chi connectivity index (χ1v) is 5.70. The number of rotatable bonds is 2. The van der Waals surface area contributed by atoms with Crippen LogP contribution in [-0.4, -0.2) is 60.8 Å². The minimum absolute atomic E-state index is 0. The van der Waals surface area contributed by atoms with Crippen molar-refractivity contribution in [3.8, 4) is 0 Å². The predicted octanol–water partition coefficient (Wildman–Crippen LogP) is 0.461. The van der Waals surface area contributed by atoms with E-state index in [2.05, 4.69) is 10.2 Å². The summed E-state index contributed by atoms with van der Waals surface area (Å²) in [5.41, 5.74) is 0. The van der Waals surface area contributed by atoms with E-state index in [1.165, 1.54) is 11.5 Å². The van der Waals surface area contributed by atoms with E-state index in [9.17, 15) is 0 Å². The Hall–Kier alpha value is 0.810. The van der Waals surface area contributed by atoms with Crippen molar-refractivity contribution in [2.24, 2.45) is 0 Å². The van der Waals surface area contributed by atoms with Crippen LogP contribution in [-0.2, 0) is 0 Å². The van der Waals surface area contributed by atoms with Crippen LogP contribution in [0.1, 0.15) is 0 Å². The molecule has 0 aliphatic carbocycles. The summed E-state index contributed by atoms with van der Waals surface area (Å²) >= 11 is 1.99. The van der Waals surface area contributed by atoms with Crippen LogP contribution in [0.15, 0.2) is 0 Å². The van der Waals surface area contributed by atoms with Gasteiger partial charge in [-0.05, 0) is 0 Å². The predicted molar refractivity (Wildman–Crippen MR) is 68.2 cm³/mol. The lowest BCUT2D eigenvalue weighted by Crippen LogP contribution is -2.34. The number of hydrogen-bond donors (Lipinski definition) is 2. The topological polar surface area (TPSA) is 35.5 Å². The van der Waals surface area contributed by atoms with Crippen molar-refractivity contribution in [2.75, 3.05) is 50.8 Å². The van der Waals surface area contributed by atoms with E-state index in [-0.39, 0.29) is 31.4 Å². The molecule has 1 fully saturated rings. The van der Waals surface area contributed by atoms with E-state index in [4.69, 9.17) is 5.11 Å². The van der Waals surface area contributed by atoms with Crippen molar-refractivity contribution in [3.05, 3.63) is 0 Å². The lowest BCUT2D eigenvalue weighted by molar-refractivity contribution is 0.204. The molecule has 0 aromatic heterocycles. The third-order valence-corrected chi connectivity index (χ3v) is 2.96. The molecule has 0 amide bonds. The average Bonchev–Trinajstić information content (AvgIpc) is 2.19. The molecule has 0 aromatic rings. The Morgan fingerprint density at radius 3 is 2.64 bits per heavy atom. The molecule has 1 aliphatic rings. The van der Waals surface area contributed by atoms with Gasteiger partial charge in [-0.1, -0.05) is 0 Å². The normalized spacial score (nSPS) is 19.5. The van der Waals surface area contributed by atoms with Crippen molar-refractivity contribution in [3.63, 3.8) is 0 Å². The second-order valence-corrected chi connectivity index (χ2v) is 4.15. The van der Waals surface area contributed by atoms with E-state index < -0.39 is 0 Å². The van der Waals surface area contributed by atoms with Gasteiger partial charge in [-0.25, -0.2) is 0 Å². The van der Waals surface area contributed by atoms with Crippen LogP contribution in [0.5, 0.6) is 0 Å². The molecule has 0 bridgehead atoms. The molecule has 2 N–H and O–H groups in total. The van der Waals surface area contributed by atoms with Crippen molar-refractivity contribution in [1.29, 1.82) is 0 Å². The van der Waals surface area contributed by atoms with Crippen LogP contribution in [0, 0.1) is 0 Å². The molecule has 0 spiro atoms. The quantitative estimate of drug-likeness (QED) is 0.759. The molecule has 0 saturated carbocycles. The molecule has 1 saturated heterocycles. The first-order valence-electron chi connectivity index (χ1n) is 4.55. The number of β-amino-alcohol motifs (C(OH)–C–C–N with tert-alkyl or cyclic N) is 1. The van der Waals surface area contributed by atoms with Gasteiger partial charge in [0.2, 0.25) is 0 Å². The Morgan fingerprint density at radius 2 is 1.93 bits per heavy atom. The molecule has 1 rings (SSSR count). The summed E-state index contributed by atoms with van der Waals surface area (Å²) in [6.07, 6.45) is 0. The number of aliphatic hydroxyl groups is 1. The molecule has 0 aromatic carbocycles. The summed E-state index contributed by atoms with van der Waals surface area (Å²) in [6, 6.07) is 0. The average molecular weight is 263 g/mol. The Labute approximate surface area is 103 Å². The molecule has 1 aliphatic heterocycles. The number of thioether (sulfide) groups is 1. The fourth-order valence-corrected chi connectivity index (χ4v) is 2.16. The monoisotopic (exact) mass is 262 g/mol. The standard InChI is InChI=1S/C8H18N2OS.2ClH/c11-6-4-10-3-1-9-2-7-12-8-5-10;;/h9,11H,1-8H2;2*1H. The number of hydrogen-bond acceptors (Lipinski definition) is 4. The van der Waals surface area contributed by atoms with Gasteiger partial charge in [0.15, 0.2) is 0 Å². The number of aliphatic hydroxyl groups excluding tert-OH is 1. The van der Waals surface area contributed by atoms with E-state index in [0.29, 0.717) is 0 Å². The Balaban J connectivity index is 0. The zero-order valence-electron chi connectivity index (χ0n) is 8.28. The number of nitrogens with one attached hydrogen (secondary N) is 1. The molecular formula is C8H20Cl2N2OS. The molecule has 14 heavy (non-hydrogen) atoms. The van der Waals surface area contributed by atoms with Gasteiger partial charge in [-0.2, -0.15) is 11.8 Å². The Kier molecular flexibility index (Phi) is 14.6. The van der Waals surface area contributed by atoms with E-state index >= 15 is 0 Å². The van der Waals surface area contributed by atoms with Crippen LogP contribution in [0.25, 0.3) is 0 Å². The van der Waals surface area contributed by atoms with E-state index in [0.717, 1.165) is 32.7 Å². The van der Waals surface area contributed by atoms with Crippen LogP contribution in [0.2, 0.25) is 0 Å². The summed E-state index contributed by atoms with van der Waals surface area (Å²) in [5, 5.41) is 12.2. The fraction of sp³-hybridized carbons (Fsp3) is 1.00. The first kappa shape index (κ1) is 17.2. The van der Waals surface area contributed by atoms with Crippen LogP contribution in [0.4, 0.5) is 0 Å². The summed E-state index contributed by atoms with van der Waals surface area (Å²) in [6.45, 7) is 5.47. The number of nitrogens with zero attached hydrogens (tertiary/aromatic N) is 1. The number of halogens is 2. The van der Waals surface area contributed by atoms with Crippen molar-refractivity contribution in [2.45, 2.75) is 0 Å². The zero-order valence-corrected chi connectivity index (χ0v) is 10.7. The first-order chi connectivity index (χ1) is 5.93. The van der Waals surface area contributed by atoms with Gasteiger partial charge in [-0.15, -0.1) is 24.8 Å². The molecular weight excluding hydrogens is 243 g/mol. The van der Waals surface area contributed by atoms with Crippen molar-refractivity contribution < 1.29 is 5.11 Å². The van der Waals surface area contributed by atoms with Crippen LogP contribution < -0.4 is 5.32 Å². The molecule has 0 atom stereocenters. The Morgan fingerprint density at radius 1 is 1.14 bits per heavy atom. The molecule has 3 nitrogen and oxygen atoms in total. The van der Waals surface area contributed by atoms with Gasteiger partial charge in [0.25, 0.3) is 0 Å². The Bertz CT molecular complexity index is 112. The highest BCUT2D eigenvalue weighted by Crippen LogP contribution is 2.01. The third-order valence-electron chi connectivity index (χ3n) is 2.00. The highest BCUT2D eigenvalue weighted by Gasteiger charge is 2.05. The minimum atomic E-state index is 0. The zero-order chi connectivity index (χ0) is 8.65. The maximum absolute atomic E-state index is 8.78. The molecule has 88 valence electrons. The van der Waals surface area contributed by atoms with Gasteiger partial charge in [0, 0.05) is 44.2 Å². The maximum Gasteiger partial charge on any atom is 0.0558 e. The summed E-state index contributed by atoms with van der Waals surface area (Å²) in [7, 11) is 0. The van der Waals surface area contributed by atoms with Gasteiger partial charge in [0.05, 0.1) is 6.61 Å². The maximum atomic E-state index is 8.78. The second kappa shape index (κ2) is 11.9. The fourth-order valence-electron chi connectivity index (χ4n) is 1.28.